The summed E-state index contributed by atoms with van der Waals surface area (Å²) < 4.78 is 11.4. The highest BCUT2D eigenvalue weighted by Crippen LogP contribution is 2.22. The maximum absolute atomic E-state index is 6.05. The summed E-state index contributed by atoms with van der Waals surface area (Å²) in [7, 11) is 1.78. The van der Waals surface area contributed by atoms with Gasteiger partial charge in [0.25, 0.3) is 0 Å². The number of aryl methyl sites for hydroxylation is 1. The van der Waals surface area contributed by atoms with Gasteiger partial charge < -0.3 is 20.1 Å². The molecule has 144 valence electrons. The molecule has 1 aromatic carbocycles. The Balaban J connectivity index is 0.00000576. The van der Waals surface area contributed by atoms with Crippen LogP contribution in [0.15, 0.2) is 23.2 Å². The summed E-state index contributed by atoms with van der Waals surface area (Å²) in [5.41, 5.74) is 2.34. The van der Waals surface area contributed by atoms with Crippen LogP contribution in [-0.4, -0.2) is 38.9 Å². The molecular formula is C19H34IN3O2. The lowest BCUT2D eigenvalue weighted by Crippen LogP contribution is -2.37. The average molecular weight is 463 g/mol. The molecule has 0 aliphatic rings. The summed E-state index contributed by atoms with van der Waals surface area (Å²) in [6.45, 7) is 11.4. The number of benzene rings is 1. The number of rotatable bonds is 10. The normalized spacial score (nSPS) is 12.3. The zero-order valence-corrected chi connectivity index (χ0v) is 18.6. The van der Waals surface area contributed by atoms with Crippen LogP contribution in [0.2, 0.25) is 0 Å². The van der Waals surface area contributed by atoms with Crippen molar-refractivity contribution < 1.29 is 9.47 Å². The van der Waals surface area contributed by atoms with E-state index in [-0.39, 0.29) is 30.1 Å². The van der Waals surface area contributed by atoms with E-state index < -0.39 is 0 Å². The van der Waals surface area contributed by atoms with Crippen molar-refractivity contribution in [2.45, 2.75) is 53.2 Å². The van der Waals surface area contributed by atoms with E-state index in [9.17, 15) is 0 Å². The van der Waals surface area contributed by atoms with Gasteiger partial charge in [0.2, 0.25) is 0 Å². The van der Waals surface area contributed by atoms with Gasteiger partial charge in [0.15, 0.2) is 5.96 Å². The third kappa shape index (κ3) is 9.89. The molecule has 5 nitrogen and oxygen atoms in total. The Morgan fingerprint density at radius 1 is 1.24 bits per heavy atom. The van der Waals surface area contributed by atoms with Crippen molar-refractivity contribution >= 4 is 29.9 Å². The van der Waals surface area contributed by atoms with Crippen molar-refractivity contribution in [2.75, 3.05) is 26.8 Å². The summed E-state index contributed by atoms with van der Waals surface area (Å²) in [4.78, 5) is 4.26. The molecule has 0 fully saturated rings. The van der Waals surface area contributed by atoms with Crippen LogP contribution < -0.4 is 15.4 Å². The van der Waals surface area contributed by atoms with Gasteiger partial charge in [-0.25, -0.2) is 0 Å². The Morgan fingerprint density at radius 2 is 2.00 bits per heavy atom. The number of halogens is 1. The van der Waals surface area contributed by atoms with Gasteiger partial charge >= 0.3 is 0 Å². The molecular weight excluding hydrogens is 429 g/mol. The molecule has 0 bridgehead atoms. The fraction of sp³-hybridized carbons (Fsp3) is 0.632. The number of hydrogen-bond donors (Lipinski definition) is 2. The second-order valence-electron chi connectivity index (χ2n) is 5.85. The van der Waals surface area contributed by atoms with E-state index in [0.717, 1.165) is 49.9 Å². The number of nitrogens with zero attached hydrogens (tertiary/aromatic N) is 1. The molecule has 2 N–H and O–H groups in total. The summed E-state index contributed by atoms with van der Waals surface area (Å²) in [5, 5.41) is 6.65. The third-order valence-electron chi connectivity index (χ3n) is 3.76. The number of ether oxygens (including phenoxy) is 2. The Labute approximate surface area is 170 Å². The van der Waals surface area contributed by atoms with E-state index in [1.807, 2.05) is 6.92 Å². The van der Waals surface area contributed by atoms with Crippen molar-refractivity contribution in [3.8, 4) is 5.75 Å². The SMILES string of the molecule is CCOCCCNC(=NC)NCc1ccc(C)cc1OC(C)CC.I. The number of nitrogens with one attached hydrogen (secondary N) is 2. The minimum Gasteiger partial charge on any atom is -0.490 e. The second-order valence-corrected chi connectivity index (χ2v) is 5.85. The highest BCUT2D eigenvalue weighted by Gasteiger charge is 2.08. The van der Waals surface area contributed by atoms with E-state index in [0.29, 0.717) is 6.54 Å². The molecule has 0 amide bonds. The van der Waals surface area contributed by atoms with Crippen molar-refractivity contribution in [1.82, 2.24) is 10.6 Å². The van der Waals surface area contributed by atoms with Crippen LogP contribution in [0.25, 0.3) is 0 Å². The van der Waals surface area contributed by atoms with Crippen LogP contribution in [-0.2, 0) is 11.3 Å². The number of hydrogen-bond acceptors (Lipinski definition) is 3. The van der Waals surface area contributed by atoms with Gasteiger partial charge in [-0.3, -0.25) is 4.99 Å². The smallest absolute Gasteiger partial charge is 0.191 e. The predicted octanol–water partition coefficient (Wildman–Crippen LogP) is 3.88. The Kier molecular flexibility index (Phi) is 13.6. The van der Waals surface area contributed by atoms with Gasteiger partial charge in [-0.1, -0.05) is 19.1 Å². The monoisotopic (exact) mass is 463 g/mol. The van der Waals surface area contributed by atoms with E-state index in [1.54, 1.807) is 7.05 Å². The minimum absolute atomic E-state index is 0. The molecule has 0 aromatic heterocycles. The van der Waals surface area contributed by atoms with Crippen LogP contribution in [0.3, 0.4) is 0 Å². The molecule has 6 heteroatoms. The van der Waals surface area contributed by atoms with Crippen molar-refractivity contribution in [3.63, 3.8) is 0 Å². The van der Waals surface area contributed by atoms with Crippen LogP contribution in [0.5, 0.6) is 5.75 Å². The zero-order valence-electron chi connectivity index (χ0n) is 16.2. The number of aliphatic imine (C=N–C) groups is 1. The van der Waals surface area contributed by atoms with E-state index in [4.69, 9.17) is 9.47 Å². The molecule has 1 rings (SSSR count). The topological polar surface area (TPSA) is 54.9 Å². The van der Waals surface area contributed by atoms with E-state index in [2.05, 4.69) is 54.6 Å². The minimum atomic E-state index is 0. The maximum atomic E-state index is 6.05. The van der Waals surface area contributed by atoms with Gasteiger partial charge in [-0.2, -0.15) is 0 Å². The Hall–Kier alpha value is -1.02. The summed E-state index contributed by atoms with van der Waals surface area (Å²) in [5.74, 6) is 1.74. The average Bonchev–Trinajstić information content (AvgIpc) is 2.58. The fourth-order valence-corrected chi connectivity index (χ4v) is 2.14. The number of guanidine groups is 1. The van der Waals surface area contributed by atoms with Gasteiger partial charge in [0, 0.05) is 38.9 Å². The van der Waals surface area contributed by atoms with Crippen LogP contribution >= 0.6 is 24.0 Å². The quantitative estimate of drug-likeness (QED) is 0.239. The first kappa shape index (κ1) is 24.0. The molecule has 1 aromatic rings. The standard InChI is InChI=1S/C19H33N3O2.HI/c1-6-16(4)24-18-13-15(3)9-10-17(18)14-22-19(20-5)21-11-8-12-23-7-2;/h9-10,13,16H,6-8,11-12,14H2,1-5H3,(H2,20,21,22);1H. The van der Waals surface area contributed by atoms with Gasteiger partial charge in [-0.05, 0) is 45.2 Å². The zero-order chi connectivity index (χ0) is 17.8. The lowest BCUT2D eigenvalue weighted by Gasteiger charge is -2.18. The molecule has 1 atom stereocenters. The first-order chi connectivity index (χ1) is 11.6. The molecule has 1 unspecified atom stereocenters. The molecule has 25 heavy (non-hydrogen) atoms. The molecule has 0 saturated heterocycles. The van der Waals surface area contributed by atoms with Crippen LogP contribution in [0.1, 0.15) is 44.7 Å². The predicted molar refractivity (Wildman–Crippen MR) is 116 cm³/mol. The molecule has 0 heterocycles. The summed E-state index contributed by atoms with van der Waals surface area (Å²) >= 11 is 0. The van der Waals surface area contributed by atoms with Gasteiger partial charge in [0.05, 0.1) is 6.10 Å². The fourth-order valence-electron chi connectivity index (χ4n) is 2.14. The van der Waals surface area contributed by atoms with E-state index >= 15 is 0 Å². The van der Waals surface area contributed by atoms with Crippen LogP contribution in [0.4, 0.5) is 0 Å². The van der Waals surface area contributed by atoms with E-state index in [1.165, 1.54) is 5.56 Å². The highest BCUT2D eigenvalue weighted by atomic mass is 127. The first-order valence-corrected chi connectivity index (χ1v) is 8.89. The van der Waals surface area contributed by atoms with Crippen molar-refractivity contribution in [2.24, 2.45) is 4.99 Å². The molecule has 0 radical (unpaired) electrons. The van der Waals surface area contributed by atoms with Gasteiger partial charge in [0.1, 0.15) is 5.75 Å². The third-order valence-corrected chi connectivity index (χ3v) is 3.76. The first-order valence-electron chi connectivity index (χ1n) is 8.89. The Morgan fingerprint density at radius 3 is 2.64 bits per heavy atom. The maximum Gasteiger partial charge on any atom is 0.191 e. The lowest BCUT2D eigenvalue weighted by atomic mass is 10.1. The van der Waals surface area contributed by atoms with Crippen molar-refractivity contribution in [1.29, 1.82) is 0 Å². The summed E-state index contributed by atoms with van der Waals surface area (Å²) in [6, 6.07) is 6.32. The van der Waals surface area contributed by atoms with Gasteiger partial charge in [-0.15, -0.1) is 24.0 Å². The highest BCUT2D eigenvalue weighted by molar-refractivity contribution is 14.0. The van der Waals surface area contributed by atoms with Crippen molar-refractivity contribution in [3.05, 3.63) is 29.3 Å². The molecule has 0 saturated carbocycles. The second kappa shape index (κ2) is 14.2. The largest absolute Gasteiger partial charge is 0.490 e. The molecule has 0 spiro atoms. The summed E-state index contributed by atoms with van der Waals surface area (Å²) in [6.07, 6.45) is 2.16. The Bertz CT molecular complexity index is 509. The molecule has 0 aliphatic carbocycles. The lowest BCUT2D eigenvalue weighted by molar-refractivity contribution is 0.145. The molecule has 0 aliphatic heterocycles. The van der Waals surface area contributed by atoms with Crippen LogP contribution in [0, 0.1) is 6.92 Å².